The van der Waals surface area contributed by atoms with Gasteiger partial charge < -0.3 is 5.32 Å². The molecule has 2 heterocycles. The highest BCUT2D eigenvalue weighted by Gasteiger charge is 2.37. The summed E-state index contributed by atoms with van der Waals surface area (Å²) in [6.07, 6.45) is 0.355. The number of carbonyl (C=O) groups excluding carboxylic acids is 1. The third-order valence-electron chi connectivity index (χ3n) is 4.56. The second-order valence-electron chi connectivity index (χ2n) is 6.21. The zero-order valence-corrected chi connectivity index (χ0v) is 16.4. The number of aryl methyl sites for hydroxylation is 2. The van der Waals surface area contributed by atoms with Crippen LogP contribution >= 0.6 is 0 Å². The number of nitrogens with one attached hydrogen (secondary N) is 1. The largest absolute Gasteiger partial charge is 0.358 e. The highest BCUT2D eigenvalue weighted by atomic mass is 32.2. The van der Waals surface area contributed by atoms with Crippen molar-refractivity contribution in [3.63, 3.8) is 0 Å². The van der Waals surface area contributed by atoms with Crippen LogP contribution in [0.15, 0.2) is 4.90 Å². The standard InChI is InChI=1S/C14H24N4O5S2/c1-10-14(11(2)17(4)16-10)25(22,23)18-7-5-12(6-8-18)24(20,21)9-13(19)15-3/h12H,5-9H2,1-4H3,(H,15,19). The normalized spacial score (nSPS) is 17.6. The van der Waals surface area contributed by atoms with E-state index >= 15 is 0 Å². The number of amides is 1. The Bertz CT molecular complexity index is 865. The minimum Gasteiger partial charge on any atom is -0.358 e. The number of carbonyl (C=O) groups is 1. The van der Waals surface area contributed by atoms with Crippen LogP contribution in [0.3, 0.4) is 0 Å². The molecule has 1 aliphatic heterocycles. The van der Waals surface area contributed by atoms with Crippen molar-refractivity contribution in [3.05, 3.63) is 11.4 Å². The number of sulfone groups is 1. The summed E-state index contributed by atoms with van der Waals surface area (Å²) in [6.45, 7) is 3.54. The van der Waals surface area contributed by atoms with Gasteiger partial charge in [-0.1, -0.05) is 0 Å². The predicted octanol–water partition coefficient (Wildman–Crippen LogP) is -0.649. The van der Waals surface area contributed by atoms with E-state index in [0.717, 1.165) is 0 Å². The fraction of sp³-hybridized carbons (Fsp3) is 0.714. The average molecular weight is 393 g/mol. The molecule has 1 aromatic heterocycles. The zero-order valence-electron chi connectivity index (χ0n) is 14.8. The van der Waals surface area contributed by atoms with Crippen LogP contribution in [0.1, 0.15) is 24.2 Å². The van der Waals surface area contributed by atoms with Crippen molar-refractivity contribution < 1.29 is 21.6 Å². The Labute approximate surface area is 148 Å². The quantitative estimate of drug-likeness (QED) is 0.711. The smallest absolute Gasteiger partial charge is 0.246 e. The van der Waals surface area contributed by atoms with E-state index in [2.05, 4.69) is 10.4 Å². The molecule has 0 spiro atoms. The maximum atomic E-state index is 12.9. The van der Waals surface area contributed by atoms with Crippen molar-refractivity contribution in [2.75, 3.05) is 25.9 Å². The summed E-state index contributed by atoms with van der Waals surface area (Å²) in [5.41, 5.74) is 0.973. The summed E-state index contributed by atoms with van der Waals surface area (Å²) >= 11 is 0. The van der Waals surface area contributed by atoms with Gasteiger partial charge in [0.1, 0.15) is 10.6 Å². The maximum absolute atomic E-state index is 12.9. The SMILES string of the molecule is CNC(=O)CS(=O)(=O)C1CCN(S(=O)(=O)c2c(C)nn(C)c2C)CC1. The summed E-state index contributed by atoms with van der Waals surface area (Å²) in [5, 5.41) is 5.73. The number of sulfonamides is 1. The fourth-order valence-electron chi connectivity index (χ4n) is 3.06. The maximum Gasteiger partial charge on any atom is 0.246 e. The molecule has 11 heteroatoms. The van der Waals surface area contributed by atoms with Gasteiger partial charge in [0, 0.05) is 27.2 Å². The summed E-state index contributed by atoms with van der Waals surface area (Å²) < 4.78 is 53.1. The number of piperidine rings is 1. The molecule has 142 valence electrons. The highest BCUT2D eigenvalue weighted by Crippen LogP contribution is 2.27. The molecule has 1 saturated heterocycles. The van der Waals surface area contributed by atoms with E-state index < -0.39 is 36.8 Å². The Morgan fingerprint density at radius 1 is 1.20 bits per heavy atom. The lowest BCUT2D eigenvalue weighted by atomic mass is 10.2. The molecule has 25 heavy (non-hydrogen) atoms. The van der Waals surface area contributed by atoms with E-state index in [-0.39, 0.29) is 30.8 Å². The van der Waals surface area contributed by atoms with Crippen molar-refractivity contribution in [2.24, 2.45) is 7.05 Å². The van der Waals surface area contributed by atoms with Gasteiger partial charge in [-0.3, -0.25) is 9.48 Å². The molecule has 0 radical (unpaired) electrons. The van der Waals surface area contributed by atoms with Crippen LogP contribution < -0.4 is 5.32 Å². The lowest BCUT2D eigenvalue weighted by Crippen LogP contribution is -2.44. The average Bonchev–Trinajstić information content (AvgIpc) is 2.80. The number of nitrogens with zero attached hydrogens (tertiary/aromatic N) is 3. The molecule has 9 nitrogen and oxygen atoms in total. The lowest BCUT2D eigenvalue weighted by molar-refractivity contribution is -0.118. The van der Waals surface area contributed by atoms with Crippen molar-refractivity contribution in [1.29, 1.82) is 0 Å². The van der Waals surface area contributed by atoms with Crippen LogP contribution in [0.25, 0.3) is 0 Å². The molecule has 1 aromatic rings. The molecular formula is C14H24N4O5S2. The molecule has 1 aliphatic rings. The lowest BCUT2D eigenvalue weighted by Gasteiger charge is -2.30. The number of aromatic nitrogens is 2. The van der Waals surface area contributed by atoms with E-state index in [4.69, 9.17) is 0 Å². The fourth-order valence-corrected chi connectivity index (χ4v) is 6.60. The first-order valence-corrected chi connectivity index (χ1v) is 11.1. The van der Waals surface area contributed by atoms with Crippen LogP contribution in [-0.2, 0) is 31.7 Å². The minimum atomic E-state index is -3.72. The molecule has 0 saturated carbocycles. The molecule has 1 amide bonds. The summed E-state index contributed by atoms with van der Waals surface area (Å²) in [4.78, 5) is 11.5. The Morgan fingerprint density at radius 2 is 1.76 bits per heavy atom. The van der Waals surface area contributed by atoms with Crippen molar-refractivity contribution >= 4 is 25.8 Å². The van der Waals surface area contributed by atoms with Gasteiger partial charge in [-0.15, -0.1) is 0 Å². The van der Waals surface area contributed by atoms with Gasteiger partial charge in [0.25, 0.3) is 0 Å². The van der Waals surface area contributed by atoms with Crippen LogP contribution in [-0.4, -0.2) is 68.0 Å². The van der Waals surface area contributed by atoms with Crippen molar-refractivity contribution in [2.45, 2.75) is 36.8 Å². The van der Waals surface area contributed by atoms with Crippen LogP contribution in [0.4, 0.5) is 0 Å². The first-order chi connectivity index (χ1) is 11.5. The third kappa shape index (κ3) is 3.87. The van der Waals surface area contributed by atoms with Gasteiger partial charge >= 0.3 is 0 Å². The molecule has 0 unspecified atom stereocenters. The van der Waals surface area contributed by atoms with Gasteiger partial charge in [-0.05, 0) is 26.7 Å². The molecule has 2 rings (SSSR count). The number of hydrogen-bond donors (Lipinski definition) is 1. The van der Waals surface area contributed by atoms with Gasteiger partial charge in [0.05, 0.1) is 16.6 Å². The van der Waals surface area contributed by atoms with Gasteiger partial charge in [0.15, 0.2) is 9.84 Å². The number of rotatable bonds is 5. The Balaban J connectivity index is 2.15. The molecule has 0 aromatic carbocycles. The second-order valence-corrected chi connectivity index (χ2v) is 10.4. The number of hydrogen-bond acceptors (Lipinski definition) is 6. The zero-order chi connectivity index (χ0) is 19.0. The van der Waals surface area contributed by atoms with Crippen LogP contribution in [0.2, 0.25) is 0 Å². The molecule has 1 N–H and O–H groups in total. The third-order valence-corrected chi connectivity index (χ3v) is 8.86. The monoisotopic (exact) mass is 392 g/mol. The minimum absolute atomic E-state index is 0.105. The van der Waals surface area contributed by atoms with Crippen LogP contribution in [0, 0.1) is 13.8 Å². The van der Waals surface area contributed by atoms with Gasteiger partial charge in [-0.2, -0.15) is 9.40 Å². The topological polar surface area (TPSA) is 118 Å². The van der Waals surface area contributed by atoms with Gasteiger partial charge in [0.2, 0.25) is 15.9 Å². The summed E-state index contributed by atoms with van der Waals surface area (Å²) in [6, 6.07) is 0. The molecule has 0 atom stereocenters. The predicted molar refractivity (Wildman–Crippen MR) is 92.3 cm³/mol. The summed E-state index contributed by atoms with van der Waals surface area (Å²) in [7, 11) is -4.25. The molecule has 0 bridgehead atoms. The second kappa shape index (κ2) is 7.04. The van der Waals surface area contributed by atoms with Gasteiger partial charge in [-0.25, -0.2) is 16.8 Å². The molecular weight excluding hydrogens is 368 g/mol. The first kappa shape index (κ1) is 19.9. The van der Waals surface area contributed by atoms with E-state index in [1.54, 1.807) is 20.9 Å². The Hall–Kier alpha value is -1.46. The van der Waals surface area contributed by atoms with E-state index in [1.165, 1.54) is 16.0 Å². The molecule has 1 fully saturated rings. The molecule has 0 aliphatic carbocycles. The van der Waals surface area contributed by atoms with Crippen molar-refractivity contribution in [1.82, 2.24) is 19.4 Å². The van der Waals surface area contributed by atoms with E-state index in [1.807, 2.05) is 0 Å². The Kier molecular flexibility index (Phi) is 5.59. The Morgan fingerprint density at radius 3 is 2.20 bits per heavy atom. The van der Waals surface area contributed by atoms with Crippen molar-refractivity contribution in [3.8, 4) is 0 Å². The van der Waals surface area contributed by atoms with Crippen LogP contribution in [0.5, 0.6) is 0 Å². The van der Waals surface area contributed by atoms with E-state index in [0.29, 0.717) is 11.4 Å². The first-order valence-electron chi connectivity index (χ1n) is 7.93. The van der Waals surface area contributed by atoms with E-state index in [9.17, 15) is 21.6 Å². The highest BCUT2D eigenvalue weighted by molar-refractivity contribution is 7.92. The summed E-state index contributed by atoms with van der Waals surface area (Å²) in [5.74, 6) is -1.13.